The van der Waals surface area contributed by atoms with E-state index in [0.29, 0.717) is 0 Å². The van der Waals surface area contributed by atoms with Gasteiger partial charge in [0, 0.05) is 28.1 Å². The van der Waals surface area contributed by atoms with Crippen LogP contribution in [0, 0.1) is 3.57 Å². The SMILES string of the molecule is Ic1ccncc1-c1cccc[n+]1I. The van der Waals surface area contributed by atoms with E-state index in [1.54, 1.807) is 0 Å². The molecule has 0 fully saturated rings. The van der Waals surface area contributed by atoms with Crippen LogP contribution in [0.15, 0.2) is 42.9 Å². The van der Waals surface area contributed by atoms with E-state index in [-0.39, 0.29) is 0 Å². The van der Waals surface area contributed by atoms with Gasteiger partial charge in [0.15, 0.2) is 6.20 Å². The summed E-state index contributed by atoms with van der Waals surface area (Å²) in [6.07, 6.45) is 5.73. The third-order valence-electron chi connectivity index (χ3n) is 1.86. The molecule has 2 aromatic rings. The summed E-state index contributed by atoms with van der Waals surface area (Å²) in [5, 5.41) is 0. The van der Waals surface area contributed by atoms with Gasteiger partial charge in [0.1, 0.15) is 0 Å². The van der Waals surface area contributed by atoms with E-state index in [2.05, 4.69) is 59.3 Å². The molecule has 4 heteroatoms. The molecule has 0 saturated heterocycles. The summed E-state index contributed by atoms with van der Waals surface area (Å²) in [5.74, 6) is 0. The van der Waals surface area contributed by atoms with Crippen molar-refractivity contribution in [3.05, 3.63) is 46.4 Å². The second-order valence-electron chi connectivity index (χ2n) is 2.75. The number of aromatic nitrogens is 2. The summed E-state index contributed by atoms with van der Waals surface area (Å²) in [6.45, 7) is 0. The monoisotopic (exact) mass is 409 g/mol. The molecule has 0 aliphatic carbocycles. The van der Waals surface area contributed by atoms with Crippen molar-refractivity contribution in [1.82, 2.24) is 4.98 Å². The van der Waals surface area contributed by atoms with Crippen molar-refractivity contribution in [2.24, 2.45) is 0 Å². The van der Waals surface area contributed by atoms with Crippen LogP contribution in [-0.4, -0.2) is 4.98 Å². The molecule has 70 valence electrons. The van der Waals surface area contributed by atoms with Crippen LogP contribution in [0.5, 0.6) is 0 Å². The lowest BCUT2D eigenvalue weighted by molar-refractivity contribution is -0.427. The number of nitrogens with zero attached hydrogens (tertiary/aromatic N) is 2. The number of hydrogen-bond donors (Lipinski definition) is 0. The van der Waals surface area contributed by atoms with Crippen LogP contribution in [-0.2, 0) is 0 Å². The van der Waals surface area contributed by atoms with Gasteiger partial charge >= 0.3 is 22.9 Å². The first-order valence-corrected chi connectivity index (χ1v) is 6.10. The molecule has 2 aromatic heterocycles. The molecular weight excluding hydrogens is 402 g/mol. The van der Waals surface area contributed by atoms with E-state index in [1.807, 2.05) is 36.8 Å². The molecule has 2 heterocycles. The van der Waals surface area contributed by atoms with Crippen molar-refractivity contribution >= 4 is 45.5 Å². The van der Waals surface area contributed by atoms with Gasteiger partial charge in [0.05, 0.1) is 5.56 Å². The van der Waals surface area contributed by atoms with Gasteiger partial charge in [-0.2, -0.15) is 0 Å². The number of halogens is 2. The van der Waals surface area contributed by atoms with Crippen molar-refractivity contribution in [2.45, 2.75) is 0 Å². The molecule has 0 amide bonds. The molecule has 0 radical (unpaired) electrons. The summed E-state index contributed by atoms with van der Waals surface area (Å²) in [5.41, 5.74) is 2.34. The third-order valence-corrected chi connectivity index (χ3v) is 3.64. The molecule has 0 bridgehead atoms. The highest BCUT2D eigenvalue weighted by molar-refractivity contribution is 14.1. The molecule has 14 heavy (non-hydrogen) atoms. The topological polar surface area (TPSA) is 16.8 Å². The lowest BCUT2D eigenvalue weighted by Crippen LogP contribution is -2.21. The van der Waals surface area contributed by atoms with E-state index >= 15 is 0 Å². The lowest BCUT2D eigenvalue weighted by atomic mass is 10.2. The van der Waals surface area contributed by atoms with Crippen LogP contribution >= 0.6 is 45.5 Å². The minimum absolute atomic E-state index is 1.17. The second-order valence-corrected chi connectivity index (χ2v) is 4.95. The third kappa shape index (κ3) is 2.05. The Labute approximate surface area is 110 Å². The first-order valence-electron chi connectivity index (χ1n) is 4.06. The van der Waals surface area contributed by atoms with Crippen LogP contribution in [0.4, 0.5) is 0 Å². The molecule has 0 spiro atoms. The summed E-state index contributed by atoms with van der Waals surface area (Å²) in [7, 11) is 0. The maximum Gasteiger partial charge on any atom is 0.354 e. The Bertz CT molecular complexity index is 414. The van der Waals surface area contributed by atoms with Crippen LogP contribution in [0.1, 0.15) is 0 Å². The average Bonchev–Trinajstić information content (AvgIpc) is 2.20. The standard InChI is InChI=1S/C10H7I2N2/c11-9-4-5-13-7-8(9)10-3-1-2-6-14(10)12/h1-7H/q+1. The molecule has 0 atom stereocenters. The fourth-order valence-electron chi connectivity index (χ4n) is 1.19. The number of pyridine rings is 2. The lowest BCUT2D eigenvalue weighted by Gasteiger charge is -1.99. The van der Waals surface area contributed by atoms with Crippen molar-refractivity contribution in [3.63, 3.8) is 0 Å². The molecule has 0 saturated carbocycles. The van der Waals surface area contributed by atoms with Gasteiger partial charge < -0.3 is 0 Å². The predicted molar refractivity (Wildman–Crippen MR) is 72.0 cm³/mol. The number of rotatable bonds is 1. The fourth-order valence-corrected chi connectivity index (χ4v) is 2.38. The van der Waals surface area contributed by atoms with Gasteiger partial charge in [-0.05, 0) is 34.7 Å². The van der Waals surface area contributed by atoms with Crippen molar-refractivity contribution in [2.75, 3.05) is 0 Å². The first-order chi connectivity index (χ1) is 6.79. The van der Waals surface area contributed by atoms with Gasteiger partial charge in [0.2, 0.25) is 5.69 Å². The van der Waals surface area contributed by atoms with Gasteiger partial charge in [-0.15, -0.1) is 2.78 Å². The highest BCUT2D eigenvalue weighted by Gasteiger charge is 2.12. The molecule has 2 nitrogen and oxygen atoms in total. The molecule has 2 rings (SSSR count). The predicted octanol–water partition coefficient (Wildman–Crippen LogP) is 2.84. The Morgan fingerprint density at radius 1 is 1.21 bits per heavy atom. The minimum atomic E-state index is 1.17. The van der Waals surface area contributed by atoms with Crippen LogP contribution in [0.3, 0.4) is 0 Å². The fraction of sp³-hybridized carbons (Fsp3) is 0. The highest BCUT2D eigenvalue weighted by Crippen LogP contribution is 2.20. The zero-order valence-corrected chi connectivity index (χ0v) is 11.5. The van der Waals surface area contributed by atoms with E-state index < -0.39 is 0 Å². The zero-order chi connectivity index (χ0) is 9.97. The first kappa shape index (κ1) is 10.3. The Hall–Kier alpha value is -0.240. The van der Waals surface area contributed by atoms with E-state index in [4.69, 9.17) is 0 Å². The maximum atomic E-state index is 4.14. The van der Waals surface area contributed by atoms with Gasteiger partial charge in [-0.3, -0.25) is 4.98 Å². The van der Waals surface area contributed by atoms with Crippen LogP contribution in [0.25, 0.3) is 11.3 Å². The maximum absolute atomic E-state index is 4.14. The molecule has 0 aliphatic rings. The summed E-state index contributed by atoms with van der Waals surface area (Å²) in [6, 6.07) is 8.15. The highest BCUT2D eigenvalue weighted by atomic mass is 127. The largest absolute Gasteiger partial charge is 0.354 e. The molecule has 0 unspecified atom stereocenters. The van der Waals surface area contributed by atoms with Gasteiger partial charge in [0.25, 0.3) is 0 Å². The molecular formula is C10H7I2N2+. The normalized spacial score (nSPS) is 10.1. The zero-order valence-electron chi connectivity index (χ0n) is 7.19. The summed E-state index contributed by atoms with van der Waals surface area (Å²) < 4.78 is 3.28. The van der Waals surface area contributed by atoms with Gasteiger partial charge in [-0.1, -0.05) is 0 Å². The van der Waals surface area contributed by atoms with Gasteiger partial charge in [-0.25, -0.2) is 0 Å². The number of hydrogen-bond acceptors (Lipinski definition) is 1. The average molecular weight is 409 g/mol. The Morgan fingerprint density at radius 2 is 2.07 bits per heavy atom. The smallest absolute Gasteiger partial charge is 0.264 e. The van der Waals surface area contributed by atoms with Crippen LogP contribution in [0.2, 0.25) is 0 Å². The summed E-state index contributed by atoms with van der Waals surface area (Å²) >= 11 is 4.59. The second kappa shape index (κ2) is 4.52. The Morgan fingerprint density at radius 3 is 2.79 bits per heavy atom. The Balaban J connectivity index is 2.61. The van der Waals surface area contributed by atoms with Crippen molar-refractivity contribution in [1.29, 1.82) is 0 Å². The molecule has 0 aliphatic heterocycles. The van der Waals surface area contributed by atoms with E-state index in [9.17, 15) is 0 Å². The van der Waals surface area contributed by atoms with E-state index in [1.165, 1.54) is 14.8 Å². The van der Waals surface area contributed by atoms with Crippen LogP contribution < -0.4 is 2.78 Å². The molecule has 0 N–H and O–H groups in total. The van der Waals surface area contributed by atoms with E-state index in [0.717, 1.165) is 0 Å². The quantitative estimate of drug-likeness (QED) is 0.663. The van der Waals surface area contributed by atoms with Crippen molar-refractivity contribution < 1.29 is 2.78 Å². The summed E-state index contributed by atoms with van der Waals surface area (Å²) in [4.78, 5) is 4.14. The Kier molecular flexibility index (Phi) is 3.32. The van der Waals surface area contributed by atoms with Crippen molar-refractivity contribution in [3.8, 4) is 11.3 Å². The molecule has 0 aromatic carbocycles. The minimum Gasteiger partial charge on any atom is -0.264 e.